The molecule has 1 aromatic heterocycles. The maximum absolute atomic E-state index is 12.3. The second-order valence-corrected chi connectivity index (χ2v) is 7.44. The van der Waals surface area contributed by atoms with E-state index in [0.29, 0.717) is 17.9 Å². The number of esters is 1. The van der Waals surface area contributed by atoms with E-state index in [1.807, 2.05) is 30.3 Å². The standard InChI is InChI=1S/C21H19N3O4S/c1-14(28-16-9-7-15(11-22)8-10-16)21(26)27-13-20(25)24(2)12-19-23-17-5-3-4-6-18(17)29-19/h3-10,14H,12-13H2,1-2H3/t14-/m1/s1. The summed E-state index contributed by atoms with van der Waals surface area (Å²) in [7, 11) is 1.64. The zero-order chi connectivity index (χ0) is 20.8. The van der Waals surface area contributed by atoms with E-state index < -0.39 is 12.1 Å². The first-order chi connectivity index (χ1) is 14.0. The van der Waals surface area contributed by atoms with Gasteiger partial charge in [-0.05, 0) is 43.3 Å². The summed E-state index contributed by atoms with van der Waals surface area (Å²) in [5, 5.41) is 9.60. The number of hydrogen-bond acceptors (Lipinski definition) is 7. The van der Waals surface area contributed by atoms with Gasteiger partial charge in [-0.3, -0.25) is 4.79 Å². The third-order valence-electron chi connectivity index (χ3n) is 4.10. The molecule has 0 bridgehead atoms. The van der Waals surface area contributed by atoms with E-state index in [4.69, 9.17) is 14.7 Å². The molecular formula is C21H19N3O4S. The lowest BCUT2D eigenvalue weighted by Gasteiger charge is -2.17. The van der Waals surface area contributed by atoms with E-state index in [9.17, 15) is 9.59 Å². The minimum Gasteiger partial charge on any atom is -0.479 e. The van der Waals surface area contributed by atoms with Gasteiger partial charge in [0, 0.05) is 7.05 Å². The van der Waals surface area contributed by atoms with Crippen molar-refractivity contribution in [2.45, 2.75) is 19.6 Å². The largest absolute Gasteiger partial charge is 0.479 e. The zero-order valence-corrected chi connectivity index (χ0v) is 16.8. The Balaban J connectivity index is 1.48. The van der Waals surface area contributed by atoms with Gasteiger partial charge in [0.1, 0.15) is 10.8 Å². The second kappa shape index (κ2) is 9.17. The molecule has 0 fully saturated rings. The van der Waals surface area contributed by atoms with Gasteiger partial charge in [-0.2, -0.15) is 5.26 Å². The van der Waals surface area contributed by atoms with Crippen molar-refractivity contribution in [1.82, 2.24) is 9.88 Å². The number of amides is 1. The number of nitrogens with zero attached hydrogens (tertiary/aromatic N) is 3. The number of aromatic nitrogens is 1. The Morgan fingerprint density at radius 2 is 1.93 bits per heavy atom. The predicted molar refractivity (Wildman–Crippen MR) is 108 cm³/mol. The number of carbonyl (C=O) groups is 2. The van der Waals surface area contributed by atoms with Gasteiger partial charge in [0.05, 0.1) is 28.4 Å². The van der Waals surface area contributed by atoms with Crippen molar-refractivity contribution < 1.29 is 19.1 Å². The summed E-state index contributed by atoms with van der Waals surface area (Å²) in [6, 6.07) is 16.1. The minimum absolute atomic E-state index is 0.330. The molecule has 0 radical (unpaired) electrons. The summed E-state index contributed by atoms with van der Waals surface area (Å²) in [5.74, 6) is -0.535. The molecule has 1 atom stereocenters. The summed E-state index contributed by atoms with van der Waals surface area (Å²) in [4.78, 5) is 30.3. The molecule has 148 valence electrons. The molecule has 1 amide bonds. The minimum atomic E-state index is -0.884. The van der Waals surface area contributed by atoms with Crippen LogP contribution in [-0.2, 0) is 20.9 Å². The number of benzene rings is 2. The van der Waals surface area contributed by atoms with Gasteiger partial charge < -0.3 is 14.4 Å². The van der Waals surface area contributed by atoms with Crippen LogP contribution in [0.25, 0.3) is 10.2 Å². The smallest absolute Gasteiger partial charge is 0.347 e. The zero-order valence-electron chi connectivity index (χ0n) is 16.0. The monoisotopic (exact) mass is 409 g/mol. The maximum Gasteiger partial charge on any atom is 0.347 e. The highest BCUT2D eigenvalue weighted by Gasteiger charge is 2.20. The van der Waals surface area contributed by atoms with Gasteiger partial charge in [-0.15, -0.1) is 11.3 Å². The fraction of sp³-hybridized carbons (Fsp3) is 0.238. The normalized spacial score (nSPS) is 11.5. The van der Waals surface area contributed by atoms with E-state index >= 15 is 0 Å². The predicted octanol–water partition coefficient (Wildman–Crippen LogP) is 3.14. The molecule has 8 heteroatoms. The summed E-state index contributed by atoms with van der Waals surface area (Å²) in [6.07, 6.45) is -0.884. The van der Waals surface area contributed by atoms with Crippen LogP contribution in [0.4, 0.5) is 0 Å². The molecule has 0 aliphatic heterocycles. The number of ether oxygens (including phenoxy) is 2. The first-order valence-corrected chi connectivity index (χ1v) is 9.70. The third kappa shape index (κ3) is 5.30. The van der Waals surface area contributed by atoms with Gasteiger partial charge in [0.15, 0.2) is 12.7 Å². The fourth-order valence-corrected chi connectivity index (χ4v) is 3.52. The second-order valence-electron chi connectivity index (χ2n) is 6.33. The van der Waals surface area contributed by atoms with Crippen LogP contribution in [0.2, 0.25) is 0 Å². The Morgan fingerprint density at radius 3 is 2.62 bits per heavy atom. The number of thiazole rings is 1. The average molecular weight is 409 g/mol. The van der Waals surface area contributed by atoms with E-state index in [2.05, 4.69) is 4.98 Å². The van der Waals surface area contributed by atoms with Gasteiger partial charge in [0.2, 0.25) is 0 Å². The molecular weight excluding hydrogens is 390 g/mol. The number of fused-ring (bicyclic) bond motifs is 1. The van der Waals surface area contributed by atoms with Gasteiger partial charge in [-0.1, -0.05) is 12.1 Å². The van der Waals surface area contributed by atoms with Crippen LogP contribution >= 0.6 is 11.3 Å². The van der Waals surface area contributed by atoms with Crippen molar-refractivity contribution in [2.24, 2.45) is 0 Å². The van der Waals surface area contributed by atoms with Crippen LogP contribution in [0, 0.1) is 11.3 Å². The number of hydrogen-bond donors (Lipinski definition) is 0. The first-order valence-electron chi connectivity index (χ1n) is 8.88. The molecule has 1 heterocycles. The molecule has 0 saturated heterocycles. The van der Waals surface area contributed by atoms with Gasteiger partial charge in [0.25, 0.3) is 5.91 Å². The first kappa shape index (κ1) is 20.3. The Morgan fingerprint density at radius 1 is 1.21 bits per heavy atom. The van der Waals surface area contributed by atoms with Crippen molar-refractivity contribution in [1.29, 1.82) is 5.26 Å². The highest BCUT2D eigenvalue weighted by molar-refractivity contribution is 7.18. The van der Waals surface area contributed by atoms with Crippen molar-refractivity contribution in [2.75, 3.05) is 13.7 Å². The number of likely N-dealkylation sites (N-methyl/N-ethyl adjacent to an activating group) is 1. The SMILES string of the molecule is C[C@@H](Oc1ccc(C#N)cc1)C(=O)OCC(=O)N(C)Cc1nc2ccccc2s1. The van der Waals surface area contributed by atoms with Crippen molar-refractivity contribution in [3.63, 3.8) is 0 Å². The number of para-hydroxylation sites is 1. The van der Waals surface area contributed by atoms with Crippen LogP contribution in [0.1, 0.15) is 17.5 Å². The van der Waals surface area contributed by atoms with Crippen LogP contribution in [0.15, 0.2) is 48.5 Å². The van der Waals surface area contributed by atoms with Crippen LogP contribution in [0.5, 0.6) is 5.75 Å². The quantitative estimate of drug-likeness (QED) is 0.557. The molecule has 3 rings (SSSR count). The molecule has 0 saturated carbocycles. The Labute approximate surface area is 172 Å². The Bertz CT molecular complexity index is 1020. The molecule has 2 aromatic carbocycles. The molecule has 0 aliphatic carbocycles. The Hall–Kier alpha value is -3.44. The fourth-order valence-electron chi connectivity index (χ4n) is 2.50. The molecule has 0 unspecified atom stereocenters. The van der Waals surface area contributed by atoms with E-state index in [-0.39, 0.29) is 12.5 Å². The van der Waals surface area contributed by atoms with Crippen molar-refractivity contribution >= 4 is 33.4 Å². The van der Waals surface area contributed by atoms with E-state index in [0.717, 1.165) is 15.2 Å². The van der Waals surface area contributed by atoms with Gasteiger partial charge >= 0.3 is 5.97 Å². The molecule has 0 N–H and O–H groups in total. The molecule has 29 heavy (non-hydrogen) atoms. The number of carbonyl (C=O) groups excluding carboxylic acids is 2. The lowest BCUT2D eigenvalue weighted by atomic mass is 10.2. The highest BCUT2D eigenvalue weighted by atomic mass is 32.1. The highest BCUT2D eigenvalue weighted by Crippen LogP contribution is 2.22. The number of rotatable bonds is 7. The lowest BCUT2D eigenvalue weighted by Crippen LogP contribution is -2.33. The van der Waals surface area contributed by atoms with Crippen LogP contribution in [0.3, 0.4) is 0 Å². The summed E-state index contributed by atoms with van der Waals surface area (Å²) in [5.41, 5.74) is 1.39. The lowest BCUT2D eigenvalue weighted by molar-refractivity contribution is -0.157. The summed E-state index contributed by atoms with van der Waals surface area (Å²) < 4.78 is 11.6. The van der Waals surface area contributed by atoms with E-state index in [1.54, 1.807) is 31.3 Å². The number of nitriles is 1. The molecule has 0 aliphatic rings. The van der Waals surface area contributed by atoms with E-state index in [1.165, 1.54) is 23.2 Å². The Kier molecular flexibility index (Phi) is 6.42. The molecule has 7 nitrogen and oxygen atoms in total. The van der Waals surface area contributed by atoms with Crippen LogP contribution in [-0.4, -0.2) is 41.5 Å². The average Bonchev–Trinajstić information content (AvgIpc) is 3.14. The topological polar surface area (TPSA) is 92.5 Å². The van der Waals surface area contributed by atoms with Crippen molar-refractivity contribution in [3.05, 3.63) is 59.1 Å². The maximum atomic E-state index is 12.3. The summed E-state index contributed by atoms with van der Waals surface area (Å²) >= 11 is 1.52. The van der Waals surface area contributed by atoms with Crippen molar-refractivity contribution in [3.8, 4) is 11.8 Å². The molecule has 0 spiro atoms. The molecule has 3 aromatic rings. The summed E-state index contributed by atoms with van der Waals surface area (Å²) in [6.45, 7) is 1.50. The van der Waals surface area contributed by atoms with Gasteiger partial charge in [-0.25, -0.2) is 9.78 Å². The van der Waals surface area contributed by atoms with Crippen LogP contribution < -0.4 is 4.74 Å². The third-order valence-corrected chi connectivity index (χ3v) is 5.12.